The summed E-state index contributed by atoms with van der Waals surface area (Å²) in [7, 11) is 0. The zero-order valence-electron chi connectivity index (χ0n) is 10.4. The van der Waals surface area contributed by atoms with Gasteiger partial charge in [0.2, 0.25) is 0 Å². The van der Waals surface area contributed by atoms with Gasteiger partial charge in [0.1, 0.15) is 0 Å². The van der Waals surface area contributed by atoms with E-state index in [4.69, 9.17) is 11.6 Å². The van der Waals surface area contributed by atoms with Crippen LogP contribution < -0.4 is 0 Å². The van der Waals surface area contributed by atoms with E-state index in [1.165, 1.54) is 5.56 Å². The zero-order chi connectivity index (χ0) is 13.2. The van der Waals surface area contributed by atoms with Crippen LogP contribution in [0.15, 0.2) is 53.7 Å². The number of rotatable bonds is 1. The molecule has 0 aromatic heterocycles. The van der Waals surface area contributed by atoms with Crippen LogP contribution in [-0.2, 0) is 6.42 Å². The lowest BCUT2D eigenvalue weighted by Crippen LogP contribution is -2.22. The summed E-state index contributed by atoms with van der Waals surface area (Å²) in [6.07, 6.45) is 1.89. The van der Waals surface area contributed by atoms with Crippen molar-refractivity contribution in [2.24, 2.45) is 5.16 Å². The van der Waals surface area contributed by atoms with Crippen LogP contribution in [0, 0.1) is 0 Å². The van der Waals surface area contributed by atoms with Crippen molar-refractivity contribution in [1.82, 2.24) is 0 Å². The highest BCUT2D eigenvalue weighted by atomic mass is 35.5. The molecule has 0 fully saturated rings. The van der Waals surface area contributed by atoms with Gasteiger partial charge in [-0.15, -0.1) is 0 Å². The molecule has 0 saturated carbocycles. The van der Waals surface area contributed by atoms with Crippen LogP contribution in [-0.4, -0.2) is 10.9 Å². The zero-order valence-corrected chi connectivity index (χ0v) is 11.1. The average Bonchev–Trinajstić information content (AvgIpc) is 2.46. The van der Waals surface area contributed by atoms with Crippen LogP contribution in [0.1, 0.15) is 29.0 Å². The second kappa shape index (κ2) is 5.06. The molecule has 0 bridgehead atoms. The lowest BCUT2D eigenvalue weighted by molar-refractivity contribution is 0.316. The van der Waals surface area contributed by atoms with Crippen LogP contribution >= 0.6 is 11.6 Å². The topological polar surface area (TPSA) is 32.6 Å². The highest BCUT2D eigenvalue weighted by Crippen LogP contribution is 2.36. The Bertz CT molecular complexity index is 636. The Morgan fingerprint density at radius 1 is 1.05 bits per heavy atom. The predicted molar refractivity (Wildman–Crippen MR) is 77.3 cm³/mol. The Hall–Kier alpha value is -1.80. The quantitative estimate of drug-likeness (QED) is 0.610. The molecule has 0 radical (unpaired) electrons. The molecule has 3 rings (SSSR count). The molecule has 3 heteroatoms. The predicted octanol–water partition coefficient (Wildman–Crippen LogP) is 4.25. The average molecular weight is 272 g/mol. The van der Waals surface area contributed by atoms with Crippen molar-refractivity contribution in [2.75, 3.05) is 0 Å². The maximum atomic E-state index is 9.41. The van der Waals surface area contributed by atoms with Crippen molar-refractivity contribution in [3.63, 3.8) is 0 Å². The van der Waals surface area contributed by atoms with Crippen molar-refractivity contribution in [3.05, 3.63) is 70.2 Å². The van der Waals surface area contributed by atoms with Crippen molar-refractivity contribution >= 4 is 17.3 Å². The Kier molecular flexibility index (Phi) is 3.26. The van der Waals surface area contributed by atoms with E-state index in [-0.39, 0.29) is 5.92 Å². The fourth-order valence-corrected chi connectivity index (χ4v) is 3.06. The maximum Gasteiger partial charge on any atom is 0.0945 e. The van der Waals surface area contributed by atoms with E-state index in [1.807, 2.05) is 42.5 Å². The van der Waals surface area contributed by atoms with Crippen LogP contribution in [0.25, 0.3) is 0 Å². The number of hydrogen-bond donors (Lipinski definition) is 1. The summed E-state index contributed by atoms with van der Waals surface area (Å²) in [5, 5.41) is 13.7. The van der Waals surface area contributed by atoms with Crippen LogP contribution in [0.4, 0.5) is 0 Å². The summed E-state index contributed by atoms with van der Waals surface area (Å²) < 4.78 is 0. The third kappa shape index (κ3) is 2.13. The fraction of sp³-hybridized carbons (Fsp3) is 0.188. The molecule has 2 aromatic rings. The molecule has 1 atom stereocenters. The first-order chi connectivity index (χ1) is 9.31. The Morgan fingerprint density at radius 3 is 2.58 bits per heavy atom. The normalized spacial score (nSPS) is 20.3. The number of hydrogen-bond acceptors (Lipinski definition) is 2. The molecule has 2 aromatic carbocycles. The maximum absolute atomic E-state index is 9.41. The third-order valence-corrected chi connectivity index (χ3v) is 4.06. The van der Waals surface area contributed by atoms with Gasteiger partial charge < -0.3 is 5.21 Å². The number of oxime groups is 1. The third-order valence-electron chi connectivity index (χ3n) is 3.71. The minimum Gasteiger partial charge on any atom is -0.411 e. The monoisotopic (exact) mass is 271 g/mol. The van der Waals surface area contributed by atoms with Crippen molar-refractivity contribution in [1.29, 1.82) is 0 Å². The molecule has 19 heavy (non-hydrogen) atoms. The molecule has 0 amide bonds. The molecule has 1 aliphatic rings. The molecular weight excluding hydrogens is 258 g/mol. The van der Waals surface area contributed by atoms with Crippen LogP contribution in [0.3, 0.4) is 0 Å². The summed E-state index contributed by atoms with van der Waals surface area (Å²) in [4.78, 5) is 0. The van der Waals surface area contributed by atoms with E-state index in [2.05, 4.69) is 11.2 Å². The Labute approximate surface area is 117 Å². The highest BCUT2D eigenvalue weighted by molar-refractivity contribution is 6.31. The van der Waals surface area contributed by atoms with Gasteiger partial charge in [-0.05, 0) is 30.0 Å². The smallest absolute Gasteiger partial charge is 0.0945 e. The molecule has 0 saturated heterocycles. The fourth-order valence-electron chi connectivity index (χ4n) is 2.80. The van der Waals surface area contributed by atoms with Crippen molar-refractivity contribution in [2.45, 2.75) is 18.8 Å². The van der Waals surface area contributed by atoms with Crippen molar-refractivity contribution in [3.8, 4) is 0 Å². The van der Waals surface area contributed by atoms with Gasteiger partial charge in [0, 0.05) is 16.5 Å². The minimum absolute atomic E-state index is 0.0635. The first-order valence-electron chi connectivity index (χ1n) is 6.36. The highest BCUT2D eigenvalue weighted by Gasteiger charge is 2.28. The molecule has 1 aliphatic carbocycles. The largest absolute Gasteiger partial charge is 0.411 e. The molecule has 0 spiro atoms. The summed E-state index contributed by atoms with van der Waals surface area (Å²) in [5.74, 6) is 0.0635. The van der Waals surface area contributed by atoms with Gasteiger partial charge in [0.05, 0.1) is 5.71 Å². The van der Waals surface area contributed by atoms with Gasteiger partial charge in [0.25, 0.3) is 0 Å². The Morgan fingerprint density at radius 2 is 1.79 bits per heavy atom. The second-order valence-electron chi connectivity index (χ2n) is 4.76. The summed E-state index contributed by atoms with van der Waals surface area (Å²) in [6, 6.07) is 15.9. The molecule has 0 unspecified atom stereocenters. The van der Waals surface area contributed by atoms with E-state index in [9.17, 15) is 5.21 Å². The number of halogens is 1. The van der Waals surface area contributed by atoms with Crippen LogP contribution in [0.5, 0.6) is 0 Å². The van der Waals surface area contributed by atoms with Crippen molar-refractivity contribution < 1.29 is 5.21 Å². The molecular formula is C16H14ClNO. The number of aryl methyl sites for hydroxylation is 1. The first kappa shape index (κ1) is 12.2. The van der Waals surface area contributed by atoms with E-state index >= 15 is 0 Å². The lowest BCUT2D eigenvalue weighted by atomic mass is 9.78. The summed E-state index contributed by atoms with van der Waals surface area (Å²) in [5.41, 5.74) is 4.01. The summed E-state index contributed by atoms with van der Waals surface area (Å²) in [6.45, 7) is 0. The van der Waals surface area contributed by atoms with E-state index < -0.39 is 0 Å². The van der Waals surface area contributed by atoms with Gasteiger partial charge in [0.15, 0.2) is 0 Å². The number of fused-ring (bicyclic) bond motifs is 1. The van der Waals surface area contributed by atoms with Gasteiger partial charge in [-0.3, -0.25) is 0 Å². The van der Waals surface area contributed by atoms with Gasteiger partial charge in [-0.2, -0.15) is 0 Å². The number of benzene rings is 2. The SMILES string of the molecule is O/N=C1/c2ccccc2CC[C@@H]1c1ccccc1Cl. The standard InChI is InChI=1S/C16H14ClNO/c17-15-8-4-3-7-13(15)14-10-9-11-5-1-2-6-12(11)16(14)18-19/h1-8,14,19H,9-10H2/b18-16-/t14-/m1/s1. The van der Waals surface area contributed by atoms with Crippen LogP contribution in [0.2, 0.25) is 5.02 Å². The minimum atomic E-state index is 0.0635. The lowest BCUT2D eigenvalue weighted by Gasteiger charge is -2.26. The van der Waals surface area contributed by atoms with E-state index in [1.54, 1.807) is 0 Å². The molecule has 96 valence electrons. The Balaban J connectivity index is 2.09. The second-order valence-corrected chi connectivity index (χ2v) is 5.16. The van der Waals surface area contributed by atoms with Gasteiger partial charge >= 0.3 is 0 Å². The number of nitrogens with zero attached hydrogens (tertiary/aromatic N) is 1. The van der Waals surface area contributed by atoms with Gasteiger partial charge in [-0.1, -0.05) is 59.2 Å². The molecule has 0 aliphatic heterocycles. The molecule has 0 heterocycles. The molecule has 1 N–H and O–H groups in total. The summed E-state index contributed by atoms with van der Waals surface area (Å²) >= 11 is 6.27. The van der Waals surface area contributed by atoms with E-state index in [0.29, 0.717) is 0 Å². The first-order valence-corrected chi connectivity index (χ1v) is 6.73. The molecule has 2 nitrogen and oxygen atoms in total. The van der Waals surface area contributed by atoms with Gasteiger partial charge in [-0.25, -0.2) is 0 Å². The van der Waals surface area contributed by atoms with E-state index in [0.717, 1.165) is 34.7 Å².